The third kappa shape index (κ3) is 9.02. The lowest BCUT2D eigenvalue weighted by molar-refractivity contribution is -0.141. The van der Waals surface area contributed by atoms with Gasteiger partial charge in [-0.3, -0.25) is 19.1 Å². The molecule has 61 heavy (non-hydrogen) atoms. The highest BCUT2D eigenvalue weighted by Gasteiger charge is 2.62. The van der Waals surface area contributed by atoms with E-state index < -0.39 is 74.3 Å². The van der Waals surface area contributed by atoms with Gasteiger partial charge in [0.1, 0.15) is 46.2 Å². The van der Waals surface area contributed by atoms with Gasteiger partial charge in [-0.1, -0.05) is 36.6 Å². The molecule has 2 aliphatic heterocycles. The summed E-state index contributed by atoms with van der Waals surface area (Å²) in [5.74, 6) is -1.36. The number of ether oxygens (including phenoxy) is 3. The van der Waals surface area contributed by atoms with Gasteiger partial charge in [0.05, 0.1) is 18.9 Å². The third-order valence-electron chi connectivity index (χ3n) is 11.6. The molecule has 3 N–H and O–H groups in total. The molecule has 4 heterocycles. The molecule has 2 aromatic heterocycles. The average Bonchev–Trinajstić information content (AvgIpc) is 4.11. The summed E-state index contributed by atoms with van der Waals surface area (Å²) in [6.45, 7) is 7.04. The largest absolute Gasteiger partial charge is 0.497 e. The predicted octanol–water partition coefficient (Wildman–Crippen LogP) is 5.61. The minimum atomic E-state index is -3.93. The molecular formula is C44H52N6O10S. The Balaban J connectivity index is 1.15. The van der Waals surface area contributed by atoms with Gasteiger partial charge in [-0.2, -0.15) is 4.98 Å². The predicted molar refractivity (Wildman–Crippen MR) is 225 cm³/mol. The van der Waals surface area contributed by atoms with Gasteiger partial charge in [0.15, 0.2) is 5.82 Å². The van der Waals surface area contributed by atoms with E-state index in [0.29, 0.717) is 53.9 Å². The second kappa shape index (κ2) is 16.3. The van der Waals surface area contributed by atoms with Crippen LogP contribution in [0.25, 0.3) is 33.5 Å². The van der Waals surface area contributed by atoms with Gasteiger partial charge >= 0.3 is 6.09 Å². The maximum absolute atomic E-state index is 14.7. The zero-order chi connectivity index (χ0) is 43.3. The molecule has 4 aromatic rings. The van der Waals surface area contributed by atoms with Crippen LogP contribution < -0.4 is 24.8 Å². The maximum atomic E-state index is 14.7. The van der Waals surface area contributed by atoms with E-state index in [1.165, 1.54) is 4.90 Å². The van der Waals surface area contributed by atoms with Crippen LogP contribution in [0.4, 0.5) is 4.79 Å². The lowest BCUT2D eigenvalue weighted by Crippen LogP contribution is -2.58. The minimum Gasteiger partial charge on any atom is -0.497 e. The zero-order valence-electron chi connectivity index (χ0n) is 35.0. The number of fused-ring (bicyclic) bond motifs is 5. The Morgan fingerprint density at radius 2 is 1.79 bits per heavy atom. The number of amides is 4. The molecule has 324 valence electrons. The number of sulfonamides is 1. The summed E-state index contributed by atoms with van der Waals surface area (Å²) in [5, 5.41) is 5.75. The lowest BCUT2D eigenvalue weighted by atomic mass is 10.0. The van der Waals surface area contributed by atoms with Crippen LogP contribution in [0.1, 0.15) is 84.1 Å². The van der Waals surface area contributed by atoms with Crippen LogP contribution >= 0.6 is 0 Å². The van der Waals surface area contributed by atoms with Crippen molar-refractivity contribution in [1.82, 2.24) is 30.2 Å². The van der Waals surface area contributed by atoms with Gasteiger partial charge in [0.2, 0.25) is 27.4 Å². The quantitative estimate of drug-likeness (QED) is 0.185. The number of nitrogens with one attached hydrogen (secondary N) is 3. The van der Waals surface area contributed by atoms with Gasteiger partial charge in [0.25, 0.3) is 11.8 Å². The monoisotopic (exact) mass is 856 g/mol. The summed E-state index contributed by atoms with van der Waals surface area (Å²) in [5.41, 5.74) is 0.654. The van der Waals surface area contributed by atoms with E-state index in [-0.39, 0.29) is 37.3 Å². The molecule has 17 heteroatoms. The number of carbonyl (C=O) groups is 4. The van der Waals surface area contributed by atoms with Crippen LogP contribution in [0.15, 0.2) is 59.0 Å². The number of benzene rings is 2. The fraction of sp³-hybridized carbons (Fsp3) is 0.500. The van der Waals surface area contributed by atoms with E-state index in [9.17, 15) is 27.6 Å². The number of methoxy groups -OCH3 is 1. The van der Waals surface area contributed by atoms with Crippen molar-refractivity contribution in [2.45, 2.75) is 120 Å². The first-order chi connectivity index (χ1) is 29.0. The molecule has 1 saturated heterocycles. The summed E-state index contributed by atoms with van der Waals surface area (Å²) >= 11 is 0. The number of alkyl carbamates (subject to hydrolysis) is 1. The average molecular weight is 857 g/mol. The fourth-order valence-electron chi connectivity index (χ4n) is 8.14. The molecule has 2 saturated carbocycles. The van der Waals surface area contributed by atoms with Crippen LogP contribution in [0.2, 0.25) is 0 Å². The molecule has 0 bridgehead atoms. The first-order valence-electron chi connectivity index (χ1n) is 20.9. The van der Waals surface area contributed by atoms with Gasteiger partial charge in [-0.25, -0.2) is 18.2 Å². The molecule has 0 spiro atoms. The van der Waals surface area contributed by atoms with Crippen LogP contribution in [-0.4, -0.2) is 95.3 Å². The van der Waals surface area contributed by atoms with Crippen LogP contribution in [-0.2, 0) is 29.1 Å². The highest BCUT2D eigenvalue weighted by molar-refractivity contribution is 7.91. The second-order valence-electron chi connectivity index (χ2n) is 17.6. The molecule has 4 amide bonds. The number of carbonyl (C=O) groups excluding carboxylic acids is 4. The van der Waals surface area contributed by atoms with Crippen LogP contribution in [0.5, 0.6) is 11.6 Å². The van der Waals surface area contributed by atoms with Crippen molar-refractivity contribution < 1.29 is 46.2 Å². The standard InChI is InChI=1S/C44H52N6O10S/c1-25-13-20-34-31(21-25)35-36(59-34)39(47-37(46-35)26-14-16-28(57-5)17-15-26)58-29-22-33-38(51)48-44(41(53)49-61(55,56)30-18-19-30)23-27(44)11-9-7-6-8-10-12-32(40(52)50(33)24-29)45-42(54)60-43(2,3)4/h9,11,13-17,20-21,27,29-30,32-33H,6-8,10,12,18-19,22-24H2,1-5H3,(H,45,54)(H,48,51)(H,49,53)/b11-9-/t27-,29-,32+,33+,44-/m1/s1. The summed E-state index contributed by atoms with van der Waals surface area (Å²) < 4.78 is 52.0. The molecule has 0 radical (unpaired) electrons. The van der Waals surface area contributed by atoms with Crippen molar-refractivity contribution in [2.75, 3.05) is 13.7 Å². The molecule has 5 atom stereocenters. The topological polar surface area (TPSA) is 208 Å². The number of rotatable bonds is 8. The minimum absolute atomic E-state index is 0.0298. The van der Waals surface area contributed by atoms with Gasteiger partial charge in [0, 0.05) is 23.3 Å². The second-order valence-corrected chi connectivity index (χ2v) is 19.5. The summed E-state index contributed by atoms with van der Waals surface area (Å²) in [6.07, 6.45) is 6.33. The normalized spacial score (nSPS) is 25.4. The number of hydrogen-bond donors (Lipinski definition) is 3. The number of aromatic nitrogens is 2. The Morgan fingerprint density at radius 3 is 2.51 bits per heavy atom. The summed E-state index contributed by atoms with van der Waals surface area (Å²) in [6, 6.07) is 10.7. The lowest BCUT2D eigenvalue weighted by Gasteiger charge is -2.30. The molecule has 4 aliphatic rings. The van der Waals surface area contributed by atoms with Crippen molar-refractivity contribution in [3.63, 3.8) is 0 Å². The van der Waals surface area contributed by atoms with Crippen molar-refractivity contribution in [2.24, 2.45) is 5.92 Å². The van der Waals surface area contributed by atoms with Crippen molar-refractivity contribution >= 4 is 55.9 Å². The van der Waals surface area contributed by atoms with E-state index in [1.54, 1.807) is 40.0 Å². The van der Waals surface area contributed by atoms with Crippen LogP contribution in [0, 0.1) is 12.8 Å². The van der Waals surface area contributed by atoms with E-state index in [0.717, 1.165) is 23.8 Å². The Morgan fingerprint density at radius 1 is 1.02 bits per heavy atom. The fourth-order valence-corrected chi connectivity index (χ4v) is 9.50. The first kappa shape index (κ1) is 42.0. The highest BCUT2D eigenvalue weighted by Crippen LogP contribution is 2.46. The Hall–Kier alpha value is -5.71. The third-order valence-corrected chi connectivity index (χ3v) is 13.4. The molecule has 8 rings (SSSR count). The van der Waals surface area contributed by atoms with E-state index in [1.807, 2.05) is 49.4 Å². The molecule has 2 aliphatic carbocycles. The Kier molecular flexibility index (Phi) is 11.2. The van der Waals surface area contributed by atoms with Gasteiger partial charge < -0.3 is 34.2 Å². The molecule has 0 unspecified atom stereocenters. The highest BCUT2D eigenvalue weighted by atomic mass is 32.2. The molecular weight excluding hydrogens is 805 g/mol. The van der Waals surface area contributed by atoms with Crippen molar-refractivity contribution in [1.29, 1.82) is 0 Å². The number of allylic oxidation sites excluding steroid dienone is 1. The number of furan rings is 1. The Labute approximate surface area is 354 Å². The first-order valence-corrected chi connectivity index (χ1v) is 22.4. The maximum Gasteiger partial charge on any atom is 0.408 e. The number of hydrogen-bond acceptors (Lipinski definition) is 12. The van der Waals surface area contributed by atoms with Gasteiger partial charge in [-0.05, 0) is 103 Å². The van der Waals surface area contributed by atoms with Crippen molar-refractivity contribution in [3.8, 4) is 23.0 Å². The smallest absolute Gasteiger partial charge is 0.408 e. The van der Waals surface area contributed by atoms with Crippen LogP contribution in [0.3, 0.4) is 0 Å². The summed E-state index contributed by atoms with van der Waals surface area (Å²) in [4.78, 5) is 67.5. The van der Waals surface area contributed by atoms with Crippen molar-refractivity contribution in [3.05, 3.63) is 60.2 Å². The molecule has 2 aromatic carbocycles. The summed E-state index contributed by atoms with van der Waals surface area (Å²) in [7, 11) is -2.35. The SMILES string of the molecule is COc1ccc(-c2nc(O[C@@H]3C[C@H]4C(=O)N[C@]5(C(=O)NS(=O)(=O)C6CC6)C[C@H]5/C=C\CCCCC[C@H](NC(=O)OC(C)(C)C)C(=O)N4C3)c3oc4ccc(C)cc4c3n2)cc1. The number of nitrogens with zero attached hydrogens (tertiary/aromatic N) is 3. The molecule has 16 nitrogen and oxygen atoms in total. The Bertz CT molecular complexity index is 2510. The zero-order valence-corrected chi connectivity index (χ0v) is 35.8. The van der Waals surface area contributed by atoms with Gasteiger partial charge in [-0.15, -0.1) is 0 Å². The number of aryl methyl sites for hydroxylation is 1. The van der Waals surface area contributed by atoms with E-state index >= 15 is 0 Å². The molecule has 3 fully saturated rings. The van der Waals surface area contributed by atoms with E-state index in [4.69, 9.17) is 28.6 Å². The van der Waals surface area contributed by atoms with E-state index in [2.05, 4.69) is 15.4 Å².